The van der Waals surface area contributed by atoms with Gasteiger partial charge in [-0.25, -0.2) is 0 Å². The first kappa shape index (κ1) is 12.6. The topological polar surface area (TPSA) is 0 Å². The van der Waals surface area contributed by atoms with E-state index in [1.54, 1.807) is 0 Å². The van der Waals surface area contributed by atoms with Gasteiger partial charge in [0.05, 0.1) is 0 Å². The number of hydrogen-bond donors (Lipinski definition) is 0. The Morgan fingerprint density at radius 2 is 1.39 bits per heavy atom. The molecule has 0 aliphatic carbocycles. The largest absolute Gasteiger partial charge is 0.0654 e. The molecule has 0 fully saturated rings. The molecular formula is C18H20. The highest BCUT2D eigenvalue weighted by molar-refractivity contribution is 5.69. The van der Waals surface area contributed by atoms with Gasteiger partial charge in [-0.3, -0.25) is 0 Å². The van der Waals surface area contributed by atoms with Crippen LogP contribution in [0.1, 0.15) is 36.5 Å². The van der Waals surface area contributed by atoms with Gasteiger partial charge in [-0.05, 0) is 29.5 Å². The molecule has 0 unspecified atom stereocenters. The lowest BCUT2D eigenvalue weighted by Crippen LogP contribution is -1.84. The highest BCUT2D eigenvalue weighted by Gasteiger charge is 1.92. The van der Waals surface area contributed by atoms with Crippen molar-refractivity contribution < 1.29 is 0 Å². The highest BCUT2D eigenvalue weighted by Crippen LogP contribution is 2.11. The maximum Gasteiger partial charge on any atom is -0.0256 e. The third-order valence-electron chi connectivity index (χ3n) is 3.07. The van der Waals surface area contributed by atoms with Crippen LogP contribution in [0.25, 0.3) is 12.2 Å². The summed E-state index contributed by atoms with van der Waals surface area (Å²) in [5.41, 5.74) is 3.94. The molecule has 0 nitrogen and oxygen atoms in total. The molecule has 2 aromatic carbocycles. The van der Waals surface area contributed by atoms with Crippen molar-refractivity contribution in [3.8, 4) is 0 Å². The van der Waals surface area contributed by atoms with Gasteiger partial charge >= 0.3 is 0 Å². The van der Waals surface area contributed by atoms with Crippen LogP contribution in [0.2, 0.25) is 0 Å². The van der Waals surface area contributed by atoms with E-state index in [1.165, 1.54) is 36.0 Å². The van der Waals surface area contributed by atoms with Crippen LogP contribution in [0.15, 0.2) is 54.6 Å². The van der Waals surface area contributed by atoms with Crippen molar-refractivity contribution in [3.63, 3.8) is 0 Å². The van der Waals surface area contributed by atoms with Crippen LogP contribution in [-0.4, -0.2) is 0 Å². The van der Waals surface area contributed by atoms with E-state index in [9.17, 15) is 0 Å². The fourth-order valence-corrected chi connectivity index (χ4v) is 1.93. The van der Waals surface area contributed by atoms with Crippen molar-refractivity contribution in [2.45, 2.75) is 26.2 Å². The third kappa shape index (κ3) is 3.89. The molecule has 0 aliphatic heterocycles. The van der Waals surface area contributed by atoms with E-state index in [4.69, 9.17) is 0 Å². The number of rotatable bonds is 5. The van der Waals surface area contributed by atoms with Gasteiger partial charge in [0.25, 0.3) is 0 Å². The van der Waals surface area contributed by atoms with Crippen LogP contribution in [0.4, 0.5) is 0 Å². The Kier molecular flexibility index (Phi) is 4.78. The first-order chi connectivity index (χ1) is 8.88. The molecule has 0 saturated heterocycles. The van der Waals surface area contributed by atoms with Gasteiger partial charge in [0.15, 0.2) is 0 Å². The quantitative estimate of drug-likeness (QED) is 0.626. The smallest absolute Gasteiger partial charge is 0.0256 e. The summed E-state index contributed by atoms with van der Waals surface area (Å²) in [6.07, 6.45) is 8.05. The molecule has 0 saturated carbocycles. The molecule has 0 atom stereocenters. The molecule has 0 heterocycles. The summed E-state index contributed by atoms with van der Waals surface area (Å²) < 4.78 is 0. The van der Waals surface area contributed by atoms with Gasteiger partial charge in [0.1, 0.15) is 0 Å². The van der Waals surface area contributed by atoms with Gasteiger partial charge in [0.2, 0.25) is 0 Å². The lowest BCUT2D eigenvalue weighted by atomic mass is 10.1. The number of hydrogen-bond acceptors (Lipinski definition) is 0. The highest BCUT2D eigenvalue weighted by atomic mass is 14.0. The van der Waals surface area contributed by atoms with E-state index < -0.39 is 0 Å². The maximum atomic E-state index is 2.24. The van der Waals surface area contributed by atoms with Crippen LogP contribution in [0.5, 0.6) is 0 Å². The molecule has 0 aromatic heterocycles. The lowest BCUT2D eigenvalue weighted by Gasteiger charge is -2.00. The molecule has 0 amide bonds. The Balaban J connectivity index is 2.00. The minimum atomic E-state index is 1.19. The summed E-state index contributed by atoms with van der Waals surface area (Å²) in [5.74, 6) is 0. The second kappa shape index (κ2) is 6.80. The summed E-state index contributed by atoms with van der Waals surface area (Å²) in [7, 11) is 0. The van der Waals surface area contributed by atoms with Crippen LogP contribution >= 0.6 is 0 Å². The second-order valence-corrected chi connectivity index (χ2v) is 4.59. The Hall–Kier alpha value is -1.82. The monoisotopic (exact) mass is 236 g/mol. The molecule has 0 radical (unpaired) electrons. The average molecular weight is 236 g/mol. The molecule has 0 bridgehead atoms. The Labute approximate surface area is 110 Å². The fourth-order valence-electron chi connectivity index (χ4n) is 1.93. The molecule has 0 N–H and O–H groups in total. The van der Waals surface area contributed by atoms with Crippen LogP contribution in [-0.2, 0) is 6.42 Å². The summed E-state index contributed by atoms with van der Waals surface area (Å²) in [5, 5.41) is 0. The normalized spacial score (nSPS) is 10.9. The average Bonchev–Trinajstić information content (AvgIpc) is 2.45. The van der Waals surface area contributed by atoms with E-state index in [-0.39, 0.29) is 0 Å². The predicted octanol–water partition coefficient (Wildman–Crippen LogP) is 5.20. The van der Waals surface area contributed by atoms with Crippen LogP contribution in [0, 0.1) is 0 Å². The van der Waals surface area contributed by atoms with E-state index in [1.807, 2.05) is 6.07 Å². The van der Waals surface area contributed by atoms with Gasteiger partial charge in [0, 0.05) is 0 Å². The number of unbranched alkanes of at least 4 members (excludes halogenated alkanes) is 1. The third-order valence-corrected chi connectivity index (χ3v) is 3.07. The van der Waals surface area contributed by atoms with E-state index in [2.05, 4.69) is 67.6 Å². The summed E-state index contributed by atoms with van der Waals surface area (Å²) in [4.78, 5) is 0. The molecule has 18 heavy (non-hydrogen) atoms. The summed E-state index contributed by atoms with van der Waals surface area (Å²) >= 11 is 0. The van der Waals surface area contributed by atoms with Crippen molar-refractivity contribution in [2.75, 3.05) is 0 Å². The van der Waals surface area contributed by atoms with Crippen molar-refractivity contribution in [1.82, 2.24) is 0 Å². The second-order valence-electron chi connectivity index (χ2n) is 4.59. The van der Waals surface area contributed by atoms with Gasteiger partial charge in [-0.2, -0.15) is 0 Å². The standard InChI is InChI=1S/C18H20/c1-2-3-7-17-11-14-18(15-12-17)13-10-16-8-5-4-6-9-16/h4-6,8-15H,2-3,7H2,1H3. The molecule has 0 heteroatoms. The minimum absolute atomic E-state index is 1.19. The van der Waals surface area contributed by atoms with Crippen LogP contribution in [0.3, 0.4) is 0 Å². The number of aryl methyl sites for hydroxylation is 1. The Morgan fingerprint density at radius 3 is 2.00 bits per heavy atom. The predicted molar refractivity (Wildman–Crippen MR) is 80.4 cm³/mol. The first-order valence-corrected chi connectivity index (χ1v) is 6.70. The zero-order valence-corrected chi connectivity index (χ0v) is 11.0. The first-order valence-electron chi connectivity index (χ1n) is 6.70. The van der Waals surface area contributed by atoms with E-state index in [0.29, 0.717) is 0 Å². The maximum absolute atomic E-state index is 2.24. The van der Waals surface area contributed by atoms with Gasteiger partial charge < -0.3 is 0 Å². The van der Waals surface area contributed by atoms with Crippen molar-refractivity contribution in [2.24, 2.45) is 0 Å². The molecular weight excluding hydrogens is 216 g/mol. The molecule has 2 aromatic rings. The van der Waals surface area contributed by atoms with E-state index in [0.717, 1.165) is 0 Å². The molecule has 92 valence electrons. The zero-order chi connectivity index (χ0) is 12.6. The lowest BCUT2D eigenvalue weighted by molar-refractivity contribution is 0.795. The van der Waals surface area contributed by atoms with Crippen LogP contribution < -0.4 is 0 Å². The molecule has 0 spiro atoms. The van der Waals surface area contributed by atoms with Crippen molar-refractivity contribution in [3.05, 3.63) is 71.3 Å². The Morgan fingerprint density at radius 1 is 0.778 bits per heavy atom. The molecule has 2 rings (SSSR count). The minimum Gasteiger partial charge on any atom is -0.0654 e. The van der Waals surface area contributed by atoms with E-state index >= 15 is 0 Å². The van der Waals surface area contributed by atoms with Gasteiger partial charge in [-0.15, -0.1) is 0 Å². The van der Waals surface area contributed by atoms with Gasteiger partial charge in [-0.1, -0.05) is 80.1 Å². The fraction of sp³-hybridized carbons (Fsp3) is 0.222. The number of benzene rings is 2. The summed E-state index contributed by atoms with van der Waals surface area (Å²) in [6.45, 7) is 2.23. The van der Waals surface area contributed by atoms with Crippen molar-refractivity contribution >= 4 is 12.2 Å². The van der Waals surface area contributed by atoms with Crippen molar-refractivity contribution in [1.29, 1.82) is 0 Å². The Bertz CT molecular complexity index is 477. The zero-order valence-electron chi connectivity index (χ0n) is 11.0. The molecule has 0 aliphatic rings. The SMILES string of the molecule is CCCCc1ccc(C=Cc2ccccc2)cc1. The summed E-state index contributed by atoms with van der Waals surface area (Å²) in [6, 6.07) is 19.3.